The molecule has 2 aliphatic rings. The fraction of sp³-hybridized carbons (Fsp3) is 0.882. The highest BCUT2D eigenvalue weighted by Crippen LogP contribution is 2.13. The molecule has 1 N–H and O–H groups in total. The second-order valence-electron chi connectivity index (χ2n) is 6.46. The van der Waals surface area contributed by atoms with Gasteiger partial charge in [-0.2, -0.15) is 0 Å². The van der Waals surface area contributed by atoms with Crippen LogP contribution in [-0.2, 0) is 9.53 Å². The van der Waals surface area contributed by atoms with Crippen LogP contribution in [0.25, 0.3) is 0 Å². The van der Waals surface area contributed by atoms with Crippen LogP contribution in [0.15, 0.2) is 4.99 Å². The predicted molar refractivity (Wildman–Crippen MR) is 96.3 cm³/mol. The van der Waals surface area contributed by atoms with Gasteiger partial charge in [-0.15, -0.1) is 0 Å². The fourth-order valence-electron chi connectivity index (χ4n) is 3.41. The zero-order chi connectivity index (χ0) is 17.4. The number of rotatable bonds is 5. The van der Waals surface area contributed by atoms with Crippen LogP contribution in [0.4, 0.5) is 0 Å². The molecule has 7 heteroatoms. The molecule has 0 radical (unpaired) electrons. The molecule has 1 amide bonds. The van der Waals surface area contributed by atoms with Gasteiger partial charge >= 0.3 is 0 Å². The molecule has 0 atom stereocenters. The fourth-order valence-corrected chi connectivity index (χ4v) is 3.41. The first-order chi connectivity index (χ1) is 11.6. The minimum Gasteiger partial charge on any atom is -0.378 e. The molecule has 0 spiro atoms. The third-order valence-electron chi connectivity index (χ3n) is 4.88. The molecular formula is C17H33N5O2. The van der Waals surface area contributed by atoms with Gasteiger partial charge in [-0.3, -0.25) is 14.7 Å². The van der Waals surface area contributed by atoms with Gasteiger partial charge in [0.1, 0.15) is 0 Å². The van der Waals surface area contributed by atoms with E-state index in [9.17, 15) is 4.79 Å². The van der Waals surface area contributed by atoms with Crippen LogP contribution in [-0.4, -0.2) is 98.7 Å². The molecule has 0 saturated carbocycles. The molecule has 0 aromatic carbocycles. The van der Waals surface area contributed by atoms with Crippen LogP contribution in [0.3, 0.4) is 0 Å². The van der Waals surface area contributed by atoms with Gasteiger partial charge in [0.05, 0.1) is 6.10 Å². The summed E-state index contributed by atoms with van der Waals surface area (Å²) >= 11 is 0. The number of nitrogens with zero attached hydrogens (tertiary/aromatic N) is 4. The molecule has 0 unspecified atom stereocenters. The quantitative estimate of drug-likeness (QED) is 0.574. The molecule has 0 aromatic rings. The second kappa shape index (κ2) is 9.84. The van der Waals surface area contributed by atoms with Crippen LogP contribution >= 0.6 is 0 Å². The van der Waals surface area contributed by atoms with Gasteiger partial charge in [-0.1, -0.05) is 0 Å². The number of ether oxygens (including phenoxy) is 1. The average Bonchev–Trinajstić information content (AvgIpc) is 2.60. The smallest absolute Gasteiger partial charge is 0.219 e. The summed E-state index contributed by atoms with van der Waals surface area (Å²) in [6, 6.07) is 0. The Morgan fingerprint density at radius 3 is 2.33 bits per heavy atom. The number of amides is 1. The lowest BCUT2D eigenvalue weighted by Crippen LogP contribution is -2.51. The summed E-state index contributed by atoms with van der Waals surface area (Å²) in [4.78, 5) is 22.4. The van der Waals surface area contributed by atoms with Gasteiger partial charge in [-0.25, -0.2) is 0 Å². The van der Waals surface area contributed by atoms with Gasteiger partial charge < -0.3 is 19.9 Å². The summed E-state index contributed by atoms with van der Waals surface area (Å²) in [5.74, 6) is 1.18. The van der Waals surface area contributed by atoms with Crippen molar-refractivity contribution in [1.82, 2.24) is 20.0 Å². The van der Waals surface area contributed by atoms with E-state index in [0.717, 1.165) is 77.8 Å². The number of nitrogens with one attached hydrogen (secondary N) is 1. The van der Waals surface area contributed by atoms with Crippen LogP contribution in [0, 0.1) is 0 Å². The Morgan fingerprint density at radius 1 is 1.12 bits per heavy atom. The number of guanidine groups is 1. The monoisotopic (exact) mass is 339 g/mol. The molecule has 0 aliphatic carbocycles. The molecule has 2 fully saturated rings. The topological polar surface area (TPSA) is 60.4 Å². The first kappa shape index (κ1) is 19.0. The Morgan fingerprint density at radius 2 is 1.79 bits per heavy atom. The van der Waals surface area contributed by atoms with Crippen molar-refractivity contribution in [3.05, 3.63) is 0 Å². The molecular weight excluding hydrogens is 306 g/mol. The Hall–Kier alpha value is -1.34. The lowest BCUT2D eigenvalue weighted by molar-refractivity contribution is -0.130. The molecule has 0 bridgehead atoms. The van der Waals surface area contributed by atoms with E-state index in [1.165, 1.54) is 0 Å². The maximum absolute atomic E-state index is 11.4. The van der Waals surface area contributed by atoms with Crippen LogP contribution in [0.2, 0.25) is 0 Å². The van der Waals surface area contributed by atoms with Crippen molar-refractivity contribution in [3.63, 3.8) is 0 Å². The molecule has 0 aromatic heterocycles. The lowest BCUT2D eigenvalue weighted by atomic mass is 10.1. The first-order valence-corrected chi connectivity index (χ1v) is 9.19. The third-order valence-corrected chi connectivity index (χ3v) is 4.88. The van der Waals surface area contributed by atoms with E-state index in [1.54, 1.807) is 6.92 Å². The third kappa shape index (κ3) is 5.63. The maximum atomic E-state index is 11.4. The zero-order valence-corrected chi connectivity index (χ0v) is 15.5. The standard InChI is InChI=1S/C17H33N5O2/c1-4-24-16-5-8-22(9-6-16)17(18-3)19-7-10-20-11-13-21(14-12-20)15(2)23/h16H,4-14H2,1-3H3,(H,18,19). The molecule has 2 rings (SSSR count). The van der Waals surface area contributed by atoms with E-state index < -0.39 is 0 Å². The average molecular weight is 339 g/mol. The molecule has 24 heavy (non-hydrogen) atoms. The van der Waals surface area contributed by atoms with Crippen LogP contribution < -0.4 is 5.32 Å². The van der Waals surface area contributed by atoms with Gasteiger partial charge in [0, 0.05) is 72.9 Å². The van der Waals surface area contributed by atoms with E-state index in [0.29, 0.717) is 6.10 Å². The summed E-state index contributed by atoms with van der Waals surface area (Å²) in [6.45, 7) is 12.0. The van der Waals surface area contributed by atoms with Gasteiger partial charge in [0.25, 0.3) is 0 Å². The Balaban J connectivity index is 1.65. The molecule has 2 heterocycles. The summed E-state index contributed by atoms with van der Waals surface area (Å²) in [7, 11) is 1.85. The molecule has 138 valence electrons. The van der Waals surface area contributed by atoms with Crippen LogP contribution in [0.1, 0.15) is 26.7 Å². The number of carbonyl (C=O) groups excluding carboxylic acids is 1. The van der Waals surface area contributed by atoms with Gasteiger partial charge in [-0.05, 0) is 19.8 Å². The lowest BCUT2D eigenvalue weighted by Gasteiger charge is -2.36. The first-order valence-electron chi connectivity index (χ1n) is 9.19. The van der Waals surface area contributed by atoms with Crippen molar-refractivity contribution in [1.29, 1.82) is 0 Å². The van der Waals surface area contributed by atoms with E-state index >= 15 is 0 Å². The van der Waals surface area contributed by atoms with Gasteiger partial charge in [0.2, 0.25) is 5.91 Å². The SMILES string of the molecule is CCOC1CCN(C(=NC)NCCN2CCN(C(C)=O)CC2)CC1. The van der Waals surface area contributed by atoms with Crippen molar-refractivity contribution in [2.45, 2.75) is 32.8 Å². The Kier molecular flexibility index (Phi) is 7.78. The number of carbonyl (C=O) groups is 1. The van der Waals surface area contributed by atoms with E-state index in [1.807, 2.05) is 11.9 Å². The second-order valence-corrected chi connectivity index (χ2v) is 6.46. The predicted octanol–water partition coefficient (Wildman–Crippen LogP) is 0.227. The Bertz CT molecular complexity index is 413. The normalized spacial score (nSPS) is 21.2. The molecule has 2 aliphatic heterocycles. The van der Waals surface area contributed by atoms with Crippen molar-refractivity contribution in [3.8, 4) is 0 Å². The summed E-state index contributed by atoms with van der Waals surface area (Å²) in [5, 5.41) is 3.48. The minimum atomic E-state index is 0.184. The van der Waals surface area contributed by atoms with Crippen molar-refractivity contribution >= 4 is 11.9 Å². The van der Waals surface area contributed by atoms with Crippen molar-refractivity contribution in [2.75, 3.05) is 66.0 Å². The highest BCUT2D eigenvalue weighted by atomic mass is 16.5. The van der Waals surface area contributed by atoms with Crippen molar-refractivity contribution in [2.24, 2.45) is 4.99 Å². The van der Waals surface area contributed by atoms with E-state index in [2.05, 4.69) is 27.0 Å². The number of hydrogen-bond acceptors (Lipinski definition) is 4. The molecule has 7 nitrogen and oxygen atoms in total. The number of likely N-dealkylation sites (tertiary alicyclic amines) is 1. The van der Waals surface area contributed by atoms with Crippen molar-refractivity contribution < 1.29 is 9.53 Å². The summed E-state index contributed by atoms with van der Waals surface area (Å²) in [6.07, 6.45) is 2.55. The maximum Gasteiger partial charge on any atom is 0.219 e. The Labute approximate surface area is 146 Å². The summed E-state index contributed by atoms with van der Waals surface area (Å²) in [5.41, 5.74) is 0. The highest BCUT2D eigenvalue weighted by molar-refractivity contribution is 5.80. The van der Waals surface area contributed by atoms with E-state index in [4.69, 9.17) is 4.74 Å². The highest BCUT2D eigenvalue weighted by Gasteiger charge is 2.22. The number of piperidine rings is 1. The number of piperazine rings is 1. The van der Waals surface area contributed by atoms with E-state index in [-0.39, 0.29) is 5.91 Å². The molecule has 2 saturated heterocycles. The van der Waals surface area contributed by atoms with Crippen LogP contribution in [0.5, 0.6) is 0 Å². The number of aliphatic imine (C=N–C) groups is 1. The number of hydrogen-bond donors (Lipinski definition) is 1. The minimum absolute atomic E-state index is 0.184. The largest absolute Gasteiger partial charge is 0.378 e. The zero-order valence-electron chi connectivity index (χ0n) is 15.5. The summed E-state index contributed by atoms with van der Waals surface area (Å²) < 4.78 is 5.71. The van der Waals surface area contributed by atoms with Gasteiger partial charge in [0.15, 0.2) is 5.96 Å².